The first kappa shape index (κ1) is 13.2. The van der Waals surface area contributed by atoms with E-state index in [1.807, 2.05) is 31.0 Å². The fourth-order valence-electron chi connectivity index (χ4n) is 1.41. The molecule has 5 heteroatoms. The molecule has 0 radical (unpaired) electrons. The number of thiocarbonyl (C=S) groups is 1. The van der Waals surface area contributed by atoms with Gasteiger partial charge in [-0.15, -0.1) is 0 Å². The molecule has 0 bridgehead atoms. The maximum absolute atomic E-state index is 9.13. The third-order valence-electron chi connectivity index (χ3n) is 2.54. The van der Waals surface area contributed by atoms with Gasteiger partial charge in [-0.2, -0.15) is 0 Å². The van der Waals surface area contributed by atoms with Crippen LogP contribution in [-0.2, 0) is 0 Å². The first-order valence-electron chi connectivity index (χ1n) is 4.91. The number of anilines is 1. The summed E-state index contributed by atoms with van der Waals surface area (Å²) < 4.78 is 0. The summed E-state index contributed by atoms with van der Waals surface area (Å²) in [6, 6.07) is 5.44. The van der Waals surface area contributed by atoms with Gasteiger partial charge in [0.2, 0.25) is 0 Å². The summed E-state index contributed by atoms with van der Waals surface area (Å²) in [4.78, 5) is 2.16. The molecule has 0 spiro atoms. The number of aliphatic hydroxyl groups excluding tert-OH is 1. The molecule has 0 aliphatic heterocycles. The fraction of sp³-hybridized carbons (Fsp3) is 0.364. The van der Waals surface area contributed by atoms with E-state index in [1.165, 1.54) is 0 Å². The average Bonchev–Trinajstić information content (AvgIpc) is 2.26. The Bertz CT molecular complexity index is 398. The molecule has 0 heterocycles. The highest BCUT2D eigenvalue weighted by atomic mass is 35.5. The molecule has 1 aromatic carbocycles. The minimum absolute atomic E-state index is 0.0217. The molecule has 1 aromatic rings. The van der Waals surface area contributed by atoms with Gasteiger partial charge in [0, 0.05) is 18.8 Å². The minimum Gasteiger partial charge on any atom is -0.394 e. The fourth-order valence-corrected chi connectivity index (χ4v) is 1.95. The topological polar surface area (TPSA) is 49.5 Å². The van der Waals surface area contributed by atoms with Crippen LogP contribution in [0.5, 0.6) is 0 Å². The van der Waals surface area contributed by atoms with E-state index >= 15 is 0 Å². The molecule has 3 nitrogen and oxygen atoms in total. The van der Waals surface area contributed by atoms with Gasteiger partial charge in [-0.05, 0) is 19.1 Å². The van der Waals surface area contributed by atoms with Crippen molar-refractivity contribution < 1.29 is 5.11 Å². The Kier molecular flexibility index (Phi) is 4.53. The molecule has 88 valence electrons. The molecular weight excluding hydrogens is 244 g/mol. The van der Waals surface area contributed by atoms with Crippen molar-refractivity contribution in [2.45, 2.75) is 13.0 Å². The maximum Gasteiger partial charge on any atom is 0.107 e. The van der Waals surface area contributed by atoms with Crippen LogP contribution in [-0.4, -0.2) is 29.8 Å². The number of nitrogens with zero attached hydrogens (tertiary/aromatic N) is 1. The highest BCUT2D eigenvalue weighted by Gasteiger charge is 2.16. The number of halogens is 1. The number of nitrogens with two attached hydrogens (primary N) is 1. The van der Waals surface area contributed by atoms with Gasteiger partial charge in [0.05, 0.1) is 17.2 Å². The van der Waals surface area contributed by atoms with Gasteiger partial charge in [0.1, 0.15) is 4.99 Å². The molecular formula is C11H15ClN2OS. The van der Waals surface area contributed by atoms with E-state index in [1.54, 1.807) is 6.07 Å². The van der Waals surface area contributed by atoms with Gasteiger partial charge in [-0.1, -0.05) is 29.9 Å². The summed E-state index contributed by atoms with van der Waals surface area (Å²) in [5.74, 6) is 0. The predicted octanol–water partition coefficient (Wildman–Crippen LogP) is 1.79. The maximum atomic E-state index is 9.13. The summed E-state index contributed by atoms with van der Waals surface area (Å²) >= 11 is 11.0. The Morgan fingerprint density at radius 1 is 1.62 bits per heavy atom. The van der Waals surface area contributed by atoms with Crippen LogP contribution in [0.2, 0.25) is 5.02 Å². The van der Waals surface area contributed by atoms with E-state index in [2.05, 4.69) is 0 Å². The van der Waals surface area contributed by atoms with Gasteiger partial charge in [0.15, 0.2) is 0 Å². The number of likely N-dealkylation sites (N-methyl/N-ethyl adjacent to an activating group) is 1. The van der Waals surface area contributed by atoms with Crippen molar-refractivity contribution >= 4 is 34.5 Å². The van der Waals surface area contributed by atoms with Gasteiger partial charge in [-0.25, -0.2) is 0 Å². The summed E-state index contributed by atoms with van der Waals surface area (Å²) in [6.45, 7) is 1.96. The van der Waals surface area contributed by atoms with Gasteiger partial charge in [-0.3, -0.25) is 0 Å². The van der Waals surface area contributed by atoms with Crippen molar-refractivity contribution in [2.75, 3.05) is 18.6 Å². The Balaban J connectivity index is 3.22. The Morgan fingerprint density at radius 2 is 2.25 bits per heavy atom. The van der Waals surface area contributed by atoms with Gasteiger partial charge in [0.25, 0.3) is 0 Å². The SMILES string of the molecule is CC(CO)N(C)c1cccc(Cl)c1C(N)=S. The number of aliphatic hydroxyl groups is 1. The first-order chi connectivity index (χ1) is 7.49. The molecule has 3 N–H and O–H groups in total. The lowest BCUT2D eigenvalue weighted by atomic mass is 10.1. The number of hydrogen-bond acceptors (Lipinski definition) is 3. The molecule has 1 rings (SSSR count). The zero-order valence-electron chi connectivity index (χ0n) is 9.27. The monoisotopic (exact) mass is 258 g/mol. The third kappa shape index (κ3) is 2.64. The van der Waals surface area contributed by atoms with Crippen LogP contribution >= 0.6 is 23.8 Å². The molecule has 1 atom stereocenters. The number of rotatable bonds is 4. The van der Waals surface area contributed by atoms with E-state index in [4.69, 9.17) is 34.7 Å². The van der Waals surface area contributed by atoms with Crippen molar-refractivity contribution in [1.82, 2.24) is 0 Å². The summed E-state index contributed by atoms with van der Waals surface area (Å²) in [7, 11) is 1.87. The largest absolute Gasteiger partial charge is 0.394 e. The highest BCUT2D eigenvalue weighted by Crippen LogP contribution is 2.27. The van der Waals surface area contributed by atoms with E-state index in [0.29, 0.717) is 10.6 Å². The second-order valence-electron chi connectivity index (χ2n) is 3.64. The van der Waals surface area contributed by atoms with Crippen LogP contribution in [0.15, 0.2) is 18.2 Å². The lowest BCUT2D eigenvalue weighted by molar-refractivity contribution is 0.270. The average molecular weight is 259 g/mol. The van der Waals surface area contributed by atoms with Crippen LogP contribution in [0.25, 0.3) is 0 Å². The van der Waals surface area contributed by atoms with Gasteiger partial charge < -0.3 is 15.7 Å². The second kappa shape index (κ2) is 5.48. The van der Waals surface area contributed by atoms with E-state index < -0.39 is 0 Å². The molecule has 0 saturated heterocycles. The number of benzene rings is 1. The molecule has 0 aliphatic rings. The molecule has 0 fully saturated rings. The molecule has 16 heavy (non-hydrogen) atoms. The van der Waals surface area contributed by atoms with Crippen molar-refractivity contribution in [3.05, 3.63) is 28.8 Å². The Morgan fingerprint density at radius 3 is 2.75 bits per heavy atom. The first-order valence-corrected chi connectivity index (χ1v) is 5.69. The predicted molar refractivity (Wildman–Crippen MR) is 72.3 cm³/mol. The minimum atomic E-state index is -0.0217. The van der Waals surface area contributed by atoms with E-state index in [-0.39, 0.29) is 17.6 Å². The van der Waals surface area contributed by atoms with Crippen molar-refractivity contribution in [2.24, 2.45) is 5.73 Å². The highest BCUT2D eigenvalue weighted by molar-refractivity contribution is 7.80. The standard InChI is InChI=1S/C11H15ClN2OS/c1-7(6-15)14(2)9-5-3-4-8(12)10(9)11(13)16/h3-5,7,15H,6H2,1-2H3,(H2,13,16). The second-order valence-corrected chi connectivity index (χ2v) is 4.49. The number of hydrogen-bond donors (Lipinski definition) is 2. The van der Waals surface area contributed by atoms with Gasteiger partial charge >= 0.3 is 0 Å². The van der Waals surface area contributed by atoms with E-state index in [0.717, 1.165) is 5.69 Å². The molecule has 1 unspecified atom stereocenters. The normalized spacial score (nSPS) is 12.2. The van der Waals surface area contributed by atoms with Crippen molar-refractivity contribution in [3.63, 3.8) is 0 Å². The molecule has 0 aromatic heterocycles. The molecule has 0 amide bonds. The van der Waals surface area contributed by atoms with Crippen LogP contribution < -0.4 is 10.6 Å². The van der Waals surface area contributed by atoms with Crippen LogP contribution in [0, 0.1) is 0 Å². The Labute approximate surface area is 106 Å². The lowest BCUT2D eigenvalue weighted by Gasteiger charge is -2.27. The van der Waals surface area contributed by atoms with Crippen LogP contribution in [0.4, 0.5) is 5.69 Å². The van der Waals surface area contributed by atoms with Crippen LogP contribution in [0.1, 0.15) is 12.5 Å². The smallest absolute Gasteiger partial charge is 0.107 e. The molecule has 0 aliphatic carbocycles. The zero-order chi connectivity index (χ0) is 12.3. The quantitative estimate of drug-likeness (QED) is 0.809. The molecule has 0 saturated carbocycles. The third-order valence-corrected chi connectivity index (χ3v) is 3.06. The van der Waals surface area contributed by atoms with Crippen molar-refractivity contribution in [3.8, 4) is 0 Å². The summed E-state index contributed by atoms with van der Waals surface area (Å²) in [5, 5.41) is 9.66. The summed E-state index contributed by atoms with van der Waals surface area (Å²) in [6.07, 6.45) is 0. The van der Waals surface area contributed by atoms with E-state index in [9.17, 15) is 0 Å². The van der Waals surface area contributed by atoms with Crippen molar-refractivity contribution in [1.29, 1.82) is 0 Å². The van der Waals surface area contributed by atoms with Crippen LogP contribution in [0.3, 0.4) is 0 Å². The summed E-state index contributed by atoms with van der Waals surface area (Å²) in [5.41, 5.74) is 7.14. The zero-order valence-corrected chi connectivity index (χ0v) is 10.8. The Hall–Kier alpha value is -0.840. The lowest BCUT2D eigenvalue weighted by Crippen LogP contribution is -2.33.